The molecule has 2 rings (SSSR count). The van der Waals surface area contributed by atoms with Gasteiger partial charge >= 0.3 is 0 Å². The fourth-order valence-electron chi connectivity index (χ4n) is 2.15. The molecule has 8 nitrogen and oxygen atoms in total. The lowest BCUT2D eigenvalue weighted by Gasteiger charge is -2.32. The van der Waals surface area contributed by atoms with Crippen molar-refractivity contribution in [3.05, 3.63) is 33.9 Å². The number of hydrogen-bond donors (Lipinski definition) is 2. The van der Waals surface area contributed by atoms with E-state index in [1.54, 1.807) is 18.1 Å². The lowest BCUT2D eigenvalue weighted by atomic mass is 10.1. The van der Waals surface area contributed by atoms with Crippen molar-refractivity contribution in [3.63, 3.8) is 0 Å². The number of rotatable bonds is 4. The van der Waals surface area contributed by atoms with Crippen molar-refractivity contribution < 1.29 is 9.72 Å². The van der Waals surface area contributed by atoms with Crippen molar-refractivity contribution in [2.24, 2.45) is 0 Å². The van der Waals surface area contributed by atoms with Crippen LogP contribution in [0.15, 0.2) is 18.2 Å². The van der Waals surface area contributed by atoms with E-state index in [-0.39, 0.29) is 11.3 Å². The summed E-state index contributed by atoms with van der Waals surface area (Å²) in [5, 5.41) is 15.7. The highest BCUT2D eigenvalue weighted by Crippen LogP contribution is 2.22. The van der Waals surface area contributed by atoms with E-state index in [1.807, 2.05) is 7.05 Å². The van der Waals surface area contributed by atoms with Crippen LogP contribution in [0.4, 0.5) is 11.4 Å². The molecule has 21 heavy (non-hydrogen) atoms. The molecule has 1 heterocycles. The molecule has 1 aliphatic rings. The average Bonchev–Trinajstić information content (AvgIpc) is 2.48. The summed E-state index contributed by atoms with van der Waals surface area (Å²) in [5.74, 6) is -0.455. The van der Waals surface area contributed by atoms with E-state index in [0.717, 1.165) is 13.1 Å². The van der Waals surface area contributed by atoms with Crippen LogP contribution in [0, 0.1) is 10.1 Å². The highest BCUT2D eigenvalue weighted by Gasteiger charge is 2.23. The lowest BCUT2D eigenvalue weighted by molar-refractivity contribution is -0.385. The molecule has 8 heteroatoms. The third kappa shape index (κ3) is 3.67. The Morgan fingerprint density at radius 1 is 1.29 bits per heavy atom. The minimum absolute atomic E-state index is 0.0609. The molecular formula is C13H19N5O3. The second-order valence-corrected chi connectivity index (χ2v) is 4.97. The topological polar surface area (TPSA) is 90.8 Å². The second kappa shape index (κ2) is 6.51. The first-order chi connectivity index (χ1) is 10.0. The molecule has 114 valence electrons. The van der Waals surface area contributed by atoms with Crippen LogP contribution in [0.3, 0.4) is 0 Å². The standard InChI is InChI=1S/C13H19N5O3/c1-14-10-3-4-12(18(20)21)11(9-10)13(19)15-17-7-5-16(2)6-8-17/h3-4,9,14H,5-8H2,1-2H3,(H,15,19). The molecule has 1 fully saturated rings. The Bertz CT molecular complexity index is 541. The zero-order valence-corrected chi connectivity index (χ0v) is 12.1. The minimum Gasteiger partial charge on any atom is -0.388 e. The third-order valence-corrected chi connectivity index (χ3v) is 3.49. The molecule has 0 radical (unpaired) electrons. The summed E-state index contributed by atoms with van der Waals surface area (Å²) in [6.07, 6.45) is 0. The number of hydrazine groups is 1. The molecule has 0 unspecified atom stereocenters. The van der Waals surface area contributed by atoms with Crippen molar-refractivity contribution in [2.75, 3.05) is 45.6 Å². The number of hydrogen-bond acceptors (Lipinski definition) is 6. The van der Waals surface area contributed by atoms with Gasteiger partial charge in [0.25, 0.3) is 11.6 Å². The fraction of sp³-hybridized carbons (Fsp3) is 0.462. The summed E-state index contributed by atoms with van der Waals surface area (Å²) in [7, 11) is 3.71. The van der Waals surface area contributed by atoms with Gasteiger partial charge in [0.2, 0.25) is 0 Å². The van der Waals surface area contributed by atoms with E-state index in [1.165, 1.54) is 12.1 Å². The maximum absolute atomic E-state index is 12.3. The van der Waals surface area contributed by atoms with Crippen molar-refractivity contribution in [1.82, 2.24) is 15.3 Å². The van der Waals surface area contributed by atoms with Crippen molar-refractivity contribution >= 4 is 17.3 Å². The molecular weight excluding hydrogens is 274 g/mol. The van der Waals surface area contributed by atoms with Gasteiger partial charge in [-0.05, 0) is 19.2 Å². The van der Waals surface area contributed by atoms with Gasteiger partial charge in [-0.25, -0.2) is 5.01 Å². The second-order valence-electron chi connectivity index (χ2n) is 4.97. The number of piperazine rings is 1. The summed E-state index contributed by atoms with van der Waals surface area (Å²) in [6.45, 7) is 3.08. The minimum atomic E-state index is -0.543. The number of nitro benzene ring substituents is 1. The van der Waals surface area contributed by atoms with E-state index in [4.69, 9.17) is 0 Å². The van der Waals surface area contributed by atoms with Crippen LogP contribution < -0.4 is 10.7 Å². The van der Waals surface area contributed by atoms with Crippen LogP contribution in [-0.4, -0.2) is 61.0 Å². The Morgan fingerprint density at radius 3 is 2.52 bits per heavy atom. The van der Waals surface area contributed by atoms with Crippen LogP contribution in [0.1, 0.15) is 10.4 Å². The zero-order chi connectivity index (χ0) is 15.4. The molecule has 1 aromatic carbocycles. The Balaban J connectivity index is 2.15. The van der Waals surface area contributed by atoms with Gasteiger partial charge in [-0.2, -0.15) is 0 Å². The van der Waals surface area contributed by atoms with Gasteiger partial charge in [0.05, 0.1) is 4.92 Å². The van der Waals surface area contributed by atoms with E-state index < -0.39 is 10.8 Å². The molecule has 1 saturated heterocycles. The SMILES string of the molecule is CNc1ccc([N+](=O)[O-])c(C(=O)NN2CCN(C)CC2)c1. The molecule has 0 aliphatic carbocycles. The van der Waals surface area contributed by atoms with Gasteiger partial charge in [0.15, 0.2) is 0 Å². The Hall–Kier alpha value is -2.19. The molecule has 0 atom stereocenters. The first-order valence-corrected chi connectivity index (χ1v) is 6.72. The Morgan fingerprint density at radius 2 is 1.95 bits per heavy atom. The number of nitrogens with one attached hydrogen (secondary N) is 2. The van der Waals surface area contributed by atoms with Gasteiger partial charge in [0, 0.05) is 45.0 Å². The quantitative estimate of drug-likeness (QED) is 0.621. The first kappa shape index (κ1) is 15.2. The summed E-state index contributed by atoms with van der Waals surface area (Å²) in [4.78, 5) is 25.0. The number of likely N-dealkylation sites (N-methyl/N-ethyl adjacent to an activating group) is 1. The molecule has 1 aromatic rings. The van der Waals surface area contributed by atoms with E-state index in [9.17, 15) is 14.9 Å². The van der Waals surface area contributed by atoms with E-state index in [0.29, 0.717) is 18.8 Å². The number of anilines is 1. The van der Waals surface area contributed by atoms with E-state index in [2.05, 4.69) is 15.6 Å². The Labute approximate surface area is 122 Å². The van der Waals surface area contributed by atoms with Gasteiger partial charge in [-0.1, -0.05) is 0 Å². The predicted molar refractivity (Wildman–Crippen MR) is 79.2 cm³/mol. The molecule has 0 bridgehead atoms. The smallest absolute Gasteiger partial charge is 0.282 e. The summed E-state index contributed by atoms with van der Waals surface area (Å²) < 4.78 is 0. The highest BCUT2D eigenvalue weighted by molar-refractivity contribution is 5.98. The maximum Gasteiger partial charge on any atom is 0.282 e. The zero-order valence-electron chi connectivity index (χ0n) is 12.1. The number of nitrogens with zero attached hydrogens (tertiary/aromatic N) is 3. The number of carbonyl (C=O) groups excluding carboxylic acids is 1. The normalized spacial score (nSPS) is 16.5. The van der Waals surface area contributed by atoms with Crippen LogP contribution in [0.5, 0.6) is 0 Å². The molecule has 0 aromatic heterocycles. The summed E-state index contributed by atoms with van der Waals surface area (Å²) >= 11 is 0. The number of amides is 1. The number of nitro groups is 1. The fourth-order valence-corrected chi connectivity index (χ4v) is 2.15. The van der Waals surface area contributed by atoms with E-state index >= 15 is 0 Å². The predicted octanol–water partition coefficient (Wildman–Crippen LogP) is 0.529. The van der Waals surface area contributed by atoms with Crippen LogP contribution >= 0.6 is 0 Å². The molecule has 2 N–H and O–H groups in total. The van der Waals surface area contributed by atoms with Gasteiger partial charge in [-0.3, -0.25) is 20.3 Å². The van der Waals surface area contributed by atoms with Crippen molar-refractivity contribution in [2.45, 2.75) is 0 Å². The van der Waals surface area contributed by atoms with Gasteiger partial charge in [0.1, 0.15) is 5.56 Å². The summed E-state index contributed by atoms with van der Waals surface area (Å²) in [6, 6.07) is 4.40. The first-order valence-electron chi connectivity index (χ1n) is 6.72. The highest BCUT2D eigenvalue weighted by atomic mass is 16.6. The molecule has 0 spiro atoms. The molecule has 1 amide bonds. The van der Waals surface area contributed by atoms with Crippen molar-refractivity contribution in [1.29, 1.82) is 0 Å². The molecule has 0 saturated carbocycles. The number of carbonyl (C=O) groups is 1. The lowest BCUT2D eigenvalue weighted by Crippen LogP contribution is -2.52. The molecule has 1 aliphatic heterocycles. The van der Waals surface area contributed by atoms with Crippen LogP contribution in [0.2, 0.25) is 0 Å². The maximum atomic E-state index is 12.3. The van der Waals surface area contributed by atoms with Crippen molar-refractivity contribution in [3.8, 4) is 0 Å². The van der Waals surface area contributed by atoms with Crippen LogP contribution in [0.25, 0.3) is 0 Å². The van der Waals surface area contributed by atoms with Gasteiger partial charge < -0.3 is 10.2 Å². The Kier molecular flexibility index (Phi) is 4.71. The monoisotopic (exact) mass is 293 g/mol. The van der Waals surface area contributed by atoms with Crippen LogP contribution in [-0.2, 0) is 0 Å². The summed E-state index contributed by atoms with van der Waals surface area (Å²) in [5.41, 5.74) is 3.26. The largest absolute Gasteiger partial charge is 0.388 e. The third-order valence-electron chi connectivity index (χ3n) is 3.49. The van der Waals surface area contributed by atoms with Gasteiger partial charge in [-0.15, -0.1) is 0 Å². The average molecular weight is 293 g/mol. The number of benzene rings is 1.